The normalized spacial score (nSPS) is 10.6. The van der Waals surface area contributed by atoms with E-state index < -0.39 is 0 Å². The Kier molecular flexibility index (Phi) is 6.32. The van der Waals surface area contributed by atoms with Crippen molar-refractivity contribution in [2.75, 3.05) is 0 Å². The van der Waals surface area contributed by atoms with Gasteiger partial charge in [0.05, 0.1) is 23.0 Å². The second-order valence-corrected chi connectivity index (χ2v) is 7.99. The van der Waals surface area contributed by atoms with Crippen molar-refractivity contribution in [3.8, 4) is 11.8 Å². The number of aryl methyl sites for hydroxylation is 2. The van der Waals surface area contributed by atoms with Gasteiger partial charge in [-0.3, -0.25) is 4.79 Å². The summed E-state index contributed by atoms with van der Waals surface area (Å²) in [5.74, 6) is -0.504. The molecule has 4 rings (SSSR count). The van der Waals surface area contributed by atoms with Gasteiger partial charge in [-0.25, -0.2) is 9.07 Å². The van der Waals surface area contributed by atoms with Gasteiger partial charge in [0, 0.05) is 24.3 Å². The van der Waals surface area contributed by atoms with Crippen LogP contribution in [0.1, 0.15) is 38.4 Å². The van der Waals surface area contributed by atoms with Gasteiger partial charge in [-0.1, -0.05) is 24.3 Å². The van der Waals surface area contributed by atoms with Crippen LogP contribution in [0.25, 0.3) is 5.69 Å². The summed E-state index contributed by atoms with van der Waals surface area (Å²) in [6.45, 7) is 4.52. The molecular weight excluding hydrogens is 415 g/mol. The van der Waals surface area contributed by atoms with Gasteiger partial charge >= 0.3 is 0 Å². The maximum absolute atomic E-state index is 13.7. The van der Waals surface area contributed by atoms with Crippen molar-refractivity contribution in [1.29, 1.82) is 5.26 Å². The molecular formula is C27H23FN4O. The summed E-state index contributed by atoms with van der Waals surface area (Å²) >= 11 is 0. The first-order valence-corrected chi connectivity index (χ1v) is 10.6. The first-order chi connectivity index (χ1) is 15.9. The van der Waals surface area contributed by atoms with Crippen molar-refractivity contribution in [3.63, 3.8) is 0 Å². The molecule has 0 spiro atoms. The number of carbonyl (C=O) groups is 1. The molecule has 0 aliphatic heterocycles. The molecule has 1 amide bonds. The summed E-state index contributed by atoms with van der Waals surface area (Å²) in [4.78, 5) is 15.1. The van der Waals surface area contributed by atoms with Gasteiger partial charge in [-0.05, 0) is 79.6 Å². The highest BCUT2D eigenvalue weighted by molar-refractivity contribution is 5.94. The quantitative estimate of drug-likeness (QED) is 0.408. The average molecular weight is 439 g/mol. The van der Waals surface area contributed by atoms with E-state index in [0.717, 1.165) is 22.6 Å². The fourth-order valence-electron chi connectivity index (χ4n) is 3.78. The van der Waals surface area contributed by atoms with Crippen molar-refractivity contribution in [2.45, 2.75) is 26.9 Å². The van der Waals surface area contributed by atoms with E-state index in [9.17, 15) is 9.18 Å². The molecule has 4 aromatic rings. The van der Waals surface area contributed by atoms with Crippen LogP contribution in [0.5, 0.6) is 0 Å². The van der Waals surface area contributed by atoms with E-state index >= 15 is 0 Å². The largest absolute Gasteiger partial charge is 0.330 e. The molecule has 3 aromatic carbocycles. The van der Waals surface area contributed by atoms with Crippen LogP contribution in [0.4, 0.5) is 4.39 Å². The number of nitrogens with zero attached hydrogens (tertiary/aromatic N) is 4. The topological polar surface area (TPSA) is 61.9 Å². The number of amides is 1. The van der Waals surface area contributed by atoms with E-state index in [-0.39, 0.29) is 18.3 Å². The molecule has 0 atom stereocenters. The molecule has 0 saturated carbocycles. The fraction of sp³-hybridized carbons (Fsp3) is 0.148. The third-order valence-electron chi connectivity index (χ3n) is 5.37. The van der Waals surface area contributed by atoms with Crippen LogP contribution in [-0.4, -0.2) is 20.6 Å². The molecule has 164 valence electrons. The minimum atomic E-state index is -0.340. The van der Waals surface area contributed by atoms with Crippen molar-refractivity contribution in [3.05, 3.63) is 118 Å². The molecule has 1 heterocycles. The second-order valence-electron chi connectivity index (χ2n) is 7.99. The second kappa shape index (κ2) is 9.49. The fourth-order valence-corrected chi connectivity index (χ4v) is 3.78. The molecule has 1 aromatic heterocycles. The molecule has 0 saturated heterocycles. The van der Waals surface area contributed by atoms with Gasteiger partial charge in [-0.15, -0.1) is 0 Å². The van der Waals surface area contributed by atoms with E-state index in [4.69, 9.17) is 5.26 Å². The Balaban J connectivity index is 1.61. The average Bonchev–Trinajstić information content (AvgIpc) is 3.16. The van der Waals surface area contributed by atoms with Crippen molar-refractivity contribution < 1.29 is 9.18 Å². The SMILES string of the molecule is Cc1cc(C)n(-c2ccc(C(=O)N(Cc3ccc(C#N)cc3)Cc3cccc(F)c3)cc2)n1. The van der Waals surface area contributed by atoms with Gasteiger partial charge in [0.15, 0.2) is 0 Å². The summed E-state index contributed by atoms with van der Waals surface area (Å²) in [6, 6.07) is 24.8. The van der Waals surface area contributed by atoms with Crippen molar-refractivity contribution in [1.82, 2.24) is 14.7 Å². The van der Waals surface area contributed by atoms with Gasteiger partial charge in [0.25, 0.3) is 5.91 Å². The van der Waals surface area contributed by atoms with Crippen LogP contribution >= 0.6 is 0 Å². The van der Waals surface area contributed by atoms with Crippen LogP contribution in [0.3, 0.4) is 0 Å². The van der Waals surface area contributed by atoms with Crippen LogP contribution in [0.2, 0.25) is 0 Å². The van der Waals surface area contributed by atoms with Crippen LogP contribution < -0.4 is 0 Å². The van der Waals surface area contributed by atoms with Gasteiger partial charge in [0.1, 0.15) is 5.82 Å². The first kappa shape index (κ1) is 22.0. The number of aromatic nitrogens is 2. The summed E-state index contributed by atoms with van der Waals surface area (Å²) in [6.07, 6.45) is 0. The molecule has 0 aliphatic carbocycles. The summed E-state index contributed by atoms with van der Waals surface area (Å²) in [7, 11) is 0. The van der Waals surface area contributed by atoms with E-state index in [1.807, 2.05) is 48.9 Å². The molecule has 0 unspecified atom stereocenters. The van der Waals surface area contributed by atoms with Crippen molar-refractivity contribution >= 4 is 5.91 Å². The number of hydrogen-bond donors (Lipinski definition) is 0. The highest BCUT2D eigenvalue weighted by Gasteiger charge is 2.18. The Morgan fingerprint density at radius 1 is 0.970 bits per heavy atom. The zero-order valence-electron chi connectivity index (χ0n) is 18.5. The van der Waals surface area contributed by atoms with Crippen LogP contribution in [0.15, 0.2) is 78.9 Å². The maximum atomic E-state index is 13.7. The van der Waals surface area contributed by atoms with E-state index in [1.54, 1.807) is 41.3 Å². The number of nitriles is 1. The lowest BCUT2D eigenvalue weighted by molar-refractivity contribution is 0.0730. The monoisotopic (exact) mass is 438 g/mol. The Morgan fingerprint density at radius 2 is 1.67 bits per heavy atom. The molecule has 0 radical (unpaired) electrons. The number of halogens is 1. The lowest BCUT2D eigenvalue weighted by Gasteiger charge is -2.23. The van der Waals surface area contributed by atoms with Gasteiger partial charge < -0.3 is 4.90 Å². The predicted molar refractivity (Wildman–Crippen MR) is 124 cm³/mol. The molecule has 6 heteroatoms. The Morgan fingerprint density at radius 3 is 2.27 bits per heavy atom. The summed E-state index contributed by atoms with van der Waals surface area (Å²) in [5.41, 5.74) is 5.50. The molecule has 0 bridgehead atoms. The minimum absolute atomic E-state index is 0.163. The zero-order chi connectivity index (χ0) is 23.4. The number of benzene rings is 3. The zero-order valence-corrected chi connectivity index (χ0v) is 18.5. The Labute approximate surface area is 192 Å². The molecule has 0 fully saturated rings. The summed E-state index contributed by atoms with van der Waals surface area (Å²) < 4.78 is 15.6. The predicted octanol–water partition coefficient (Wildman–Crippen LogP) is 5.34. The van der Waals surface area contributed by atoms with E-state index in [2.05, 4.69) is 11.2 Å². The van der Waals surface area contributed by atoms with Gasteiger partial charge in [-0.2, -0.15) is 10.4 Å². The lowest BCUT2D eigenvalue weighted by Crippen LogP contribution is -2.30. The minimum Gasteiger partial charge on any atom is -0.330 e. The van der Waals surface area contributed by atoms with E-state index in [0.29, 0.717) is 23.2 Å². The molecule has 0 aliphatic rings. The maximum Gasteiger partial charge on any atom is 0.254 e. The number of rotatable bonds is 6. The smallest absolute Gasteiger partial charge is 0.254 e. The highest BCUT2D eigenvalue weighted by Crippen LogP contribution is 2.18. The number of carbonyl (C=O) groups excluding carboxylic acids is 1. The third-order valence-corrected chi connectivity index (χ3v) is 5.37. The molecule has 5 nitrogen and oxygen atoms in total. The third kappa shape index (κ3) is 5.16. The first-order valence-electron chi connectivity index (χ1n) is 10.6. The van der Waals surface area contributed by atoms with Crippen LogP contribution in [-0.2, 0) is 13.1 Å². The van der Waals surface area contributed by atoms with Crippen molar-refractivity contribution in [2.24, 2.45) is 0 Å². The number of hydrogen-bond acceptors (Lipinski definition) is 3. The van der Waals surface area contributed by atoms with E-state index in [1.165, 1.54) is 12.1 Å². The van der Waals surface area contributed by atoms with Crippen LogP contribution in [0, 0.1) is 31.0 Å². The Bertz CT molecular complexity index is 1320. The lowest BCUT2D eigenvalue weighted by atomic mass is 10.1. The molecule has 33 heavy (non-hydrogen) atoms. The standard InChI is InChI=1S/C27H23FN4O/c1-19-14-20(2)32(30-19)26-12-10-24(11-13-26)27(33)31(18-23-4-3-5-25(28)15-23)17-22-8-6-21(16-29)7-9-22/h3-15H,17-18H2,1-2H3. The highest BCUT2D eigenvalue weighted by atomic mass is 19.1. The Hall–Kier alpha value is -4.24. The molecule has 0 N–H and O–H groups in total. The summed E-state index contributed by atoms with van der Waals surface area (Å²) in [5, 5.41) is 13.5. The van der Waals surface area contributed by atoms with Gasteiger partial charge in [0.2, 0.25) is 0 Å².